The molecule has 1 saturated heterocycles. The van der Waals surface area contributed by atoms with Gasteiger partial charge in [0.25, 0.3) is 0 Å². The Morgan fingerprint density at radius 1 is 1.06 bits per heavy atom. The van der Waals surface area contributed by atoms with Crippen LogP contribution >= 0.6 is 11.8 Å². The molecule has 0 saturated carbocycles. The average molecular weight is 452 g/mol. The van der Waals surface area contributed by atoms with E-state index in [2.05, 4.69) is 56.2 Å². The van der Waals surface area contributed by atoms with Gasteiger partial charge in [-0.2, -0.15) is 0 Å². The summed E-state index contributed by atoms with van der Waals surface area (Å²) in [4.78, 5) is 14.7. The Labute approximate surface area is 193 Å². The highest BCUT2D eigenvalue weighted by molar-refractivity contribution is 7.99. The zero-order valence-electron chi connectivity index (χ0n) is 18.4. The van der Waals surface area contributed by atoms with E-state index in [9.17, 15) is 4.79 Å². The molecule has 32 heavy (non-hydrogen) atoms. The lowest BCUT2D eigenvalue weighted by Crippen LogP contribution is -2.38. The molecule has 3 aromatic rings. The standard InChI is InChI=1S/C24H29N5O2S/c1-19-7-5-6-10-21(19)11-12-25-22(30)18-32-24-27-26-23(28-13-15-31-16-14-28)29(24)17-20-8-3-2-4-9-20/h2-10H,11-18H2,1H3,(H,25,30). The maximum atomic E-state index is 12.5. The second-order valence-corrected chi connectivity index (χ2v) is 8.71. The molecule has 1 fully saturated rings. The third-order valence-electron chi connectivity index (χ3n) is 5.48. The zero-order valence-corrected chi connectivity index (χ0v) is 19.2. The van der Waals surface area contributed by atoms with Crippen molar-refractivity contribution >= 4 is 23.6 Å². The monoisotopic (exact) mass is 451 g/mol. The number of aryl methyl sites for hydroxylation is 1. The number of anilines is 1. The largest absolute Gasteiger partial charge is 0.378 e. The summed E-state index contributed by atoms with van der Waals surface area (Å²) in [5, 5.41) is 12.6. The van der Waals surface area contributed by atoms with Crippen LogP contribution in [0.5, 0.6) is 0 Å². The molecule has 1 aromatic heterocycles. The Bertz CT molecular complexity index is 1020. The van der Waals surface area contributed by atoms with E-state index >= 15 is 0 Å². The summed E-state index contributed by atoms with van der Waals surface area (Å²) in [5.41, 5.74) is 3.69. The lowest BCUT2D eigenvalue weighted by Gasteiger charge is -2.28. The van der Waals surface area contributed by atoms with Crippen molar-refractivity contribution in [1.82, 2.24) is 20.1 Å². The van der Waals surface area contributed by atoms with Crippen molar-refractivity contribution < 1.29 is 9.53 Å². The molecule has 4 rings (SSSR count). The van der Waals surface area contributed by atoms with Gasteiger partial charge in [0.15, 0.2) is 5.16 Å². The second-order valence-electron chi connectivity index (χ2n) is 7.77. The quantitative estimate of drug-likeness (QED) is 0.505. The smallest absolute Gasteiger partial charge is 0.230 e. The first-order chi connectivity index (χ1) is 15.7. The molecule has 0 atom stereocenters. The molecular weight excluding hydrogens is 422 g/mol. The molecule has 0 bridgehead atoms. The van der Waals surface area contributed by atoms with Gasteiger partial charge in [0, 0.05) is 19.6 Å². The van der Waals surface area contributed by atoms with Gasteiger partial charge < -0.3 is 15.0 Å². The Hall–Kier alpha value is -2.84. The van der Waals surface area contributed by atoms with Gasteiger partial charge in [0.2, 0.25) is 11.9 Å². The number of nitrogens with one attached hydrogen (secondary N) is 1. The number of ether oxygens (including phenoxy) is 1. The third kappa shape index (κ3) is 5.89. The Morgan fingerprint density at radius 2 is 1.81 bits per heavy atom. The molecule has 0 unspecified atom stereocenters. The molecule has 8 heteroatoms. The highest BCUT2D eigenvalue weighted by Gasteiger charge is 2.21. The molecule has 2 heterocycles. The van der Waals surface area contributed by atoms with Gasteiger partial charge in [0.1, 0.15) is 0 Å². The van der Waals surface area contributed by atoms with Crippen LogP contribution in [-0.4, -0.2) is 59.3 Å². The topological polar surface area (TPSA) is 72.3 Å². The van der Waals surface area contributed by atoms with Gasteiger partial charge in [0.05, 0.1) is 25.5 Å². The van der Waals surface area contributed by atoms with Crippen LogP contribution in [0.1, 0.15) is 16.7 Å². The molecule has 0 radical (unpaired) electrons. The molecule has 1 N–H and O–H groups in total. The van der Waals surface area contributed by atoms with E-state index in [0.717, 1.165) is 30.6 Å². The van der Waals surface area contributed by atoms with E-state index in [1.54, 1.807) is 0 Å². The van der Waals surface area contributed by atoms with Crippen LogP contribution in [0.4, 0.5) is 5.95 Å². The summed E-state index contributed by atoms with van der Waals surface area (Å²) in [6.07, 6.45) is 0.828. The van der Waals surface area contributed by atoms with Gasteiger partial charge in [-0.25, -0.2) is 0 Å². The number of benzene rings is 2. The molecule has 1 amide bonds. The van der Waals surface area contributed by atoms with Crippen LogP contribution in [0.2, 0.25) is 0 Å². The number of rotatable bonds is 9. The predicted molar refractivity (Wildman–Crippen MR) is 127 cm³/mol. The minimum Gasteiger partial charge on any atom is -0.378 e. The Kier molecular flexibility index (Phi) is 7.79. The molecule has 7 nitrogen and oxygen atoms in total. The summed E-state index contributed by atoms with van der Waals surface area (Å²) in [7, 11) is 0. The van der Waals surface area contributed by atoms with E-state index in [1.807, 2.05) is 30.3 Å². The number of carbonyl (C=O) groups excluding carboxylic acids is 1. The van der Waals surface area contributed by atoms with E-state index in [-0.39, 0.29) is 5.91 Å². The number of morpholine rings is 1. The summed E-state index contributed by atoms with van der Waals surface area (Å²) < 4.78 is 7.59. The van der Waals surface area contributed by atoms with Gasteiger partial charge in [-0.05, 0) is 30.0 Å². The fourth-order valence-corrected chi connectivity index (χ4v) is 4.46. The first-order valence-electron chi connectivity index (χ1n) is 10.9. The predicted octanol–water partition coefficient (Wildman–Crippen LogP) is 2.92. The van der Waals surface area contributed by atoms with Crippen LogP contribution in [0.15, 0.2) is 59.8 Å². The summed E-state index contributed by atoms with van der Waals surface area (Å²) >= 11 is 1.43. The number of nitrogens with zero attached hydrogens (tertiary/aromatic N) is 4. The number of amides is 1. The van der Waals surface area contributed by atoms with E-state index in [0.29, 0.717) is 32.1 Å². The van der Waals surface area contributed by atoms with Crippen molar-refractivity contribution in [3.8, 4) is 0 Å². The van der Waals surface area contributed by atoms with Crippen molar-refractivity contribution in [1.29, 1.82) is 0 Å². The lowest BCUT2D eigenvalue weighted by atomic mass is 10.1. The van der Waals surface area contributed by atoms with Crippen molar-refractivity contribution in [3.63, 3.8) is 0 Å². The van der Waals surface area contributed by atoms with Gasteiger partial charge in [-0.1, -0.05) is 66.4 Å². The molecule has 1 aliphatic heterocycles. The van der Waals surface area contributed by atoms with Crippen molar-refractivity contribution in [3.05, 3.63) is 71.3 Å². The van der Waals surface area contributed by atoms with E-state index < -0.39 is 0 Å². The number of aromatic nitrogens is 3. The Balaban J connectivity index is 1.38. The van der Waals surface area contributed by atoms with Crippen LogP contribution in [0, 0.1) is 6.92 Å². The third-order valence-corrected chi connectivity index (χ3v) is 6.45. The van der Waals surface area contributed by atoms with Gasteiger partial charge in [-0.3, -0.25) is 9.36 Å². The Morgan fingerprint density at radius 3 is 2.59 bits per heavy atom. The average Bonchev–Trinajstić information content (AvgIpc) is 3.22. The molecule has 0 spiro atoms. The highest BCUT2D eigenvalue weighted by Crippen LogP contribution is 2.24. The summed E-state index contributed by atoms with van der Waals surface area (Å²) in [6.45, 7) is 6.33. The van der Waals surface area contributed by atoms with Gasteiger partial charge >= 0.3 is 0 Å². The highest BCUT2D eigenvalue weighted by atomic mass is 32.2. The minimum absolute atomic E-state index is 0.00534. The lowest BCUT2D eigenvalue weighted by molar-refractivity contribution is -0.118. The second kappa shape index (κ2) is 11.2. The summed E-state index contributed by atoms with van der Waals surface area (Å²) in [6, 6.07) is 18.5. The molecule has 0 aliphatic carbocycles. The number of hydrogen-bond donors (Lipinski definition) is 1. The SMILES string of the molecule is Cc1ccccc1CCNC(=O)CSc1nnc(N2CCOCC2)n1Cc1ccccc1. The normalized spacial score (nSPS) is 13.8. The maximum absolute atomic E-state index is 12.5. The zero-order chi connectivity index (χ0) is 22.2. The number of hydrogen-bond acceptors (Lipinski definition) is 6. The van der Waals surface area contributed by atoms with Crippen molar-refractivity contribution in [2.45, 2.75) is 25.0 Å². The first-order valence-corrected chi connectivity index (χ1v) is 11.9. The molecule has 2 aromatic carbocycles. The van der Waals surface area contributed by atoms with E-state index in [4.69, 9.17) is 4.74 Å². The van der Waals surface area contributed by atoms with Crippen LogP contribution < -0.4 is 10.2 Å². The number of thioether (sulfide) groups is 1. The van der Waals surface area contributed by atoms with Gasteiger partial charge in [-0.15, -0.1) is 10.2 Å². The fourth-order valence-electron chi connectivity index (χ4n) is 3.70. The minimum atomic E-state index is 0.00534. The first kappa shape index (κ1) is 22.4. The van der Waals surface area contributed by atoms with Crippen LogP contribution in [0.3, 0.4) is 0 Å². The fraction of sp³-hybridized carbons (Fsp3) is 0.375. The van der Waals surface area contributed by atoms with Crippen molar-refractivity contribution in [2.75, 3.05) is 43.5 Å². The molecular formula is C24H29N5O2S. The van der Waals surface area contributed by atoms with E-state index in [1.165, 1.54) is 28.5 Å². The van der Waals surface area contributed by atoms with Crippen molar-refractivity contribution in [2.24, 2.45) is 0 Å². The van der Waals surface area contributed by atoms with Crippen LogP contribution in [-0.2, 0) is 22.5 Å². The molecule has 168 valence electrons. The molecule has 1 aliphatic rings. The van der Waals surface area contributed by atoms with Crippen LogP contribution in [0.25, 0.3) is 0 Å². The summed E-state index contributed by atoms with van der Waals surface area (Å²) in [5.74, 6) is 1.15. The maximum Gasteiger partial charge on any atom is 0.230 e. The number of carbonyl (C=O) groups is 1.